The van der Waals surface area contributed by atoms with Crippen molar-refractivity contribution in [2.24, 2.45) is 0 Å². The van der Waals surface area contributed by atoms with Crippen molar-refractivity contribution in [2.45, 2.75) is 38.3 Å². The van der Waals surface area contributed by atoms with Crippen LogP contribution in [-0.2, 0) is 5.41 Å². The molecule has 4 aromatic rings. The number of halogens is 1. The number of nitrogens with zero attached hydrogens (tertiary/aromatic N) is 3. The molecule has 0 amide bonds. The summed E-state index contributed by atoms with van der Waals surface area (Å²) in [5.74, 6) is 0.920. The van der Waals surface area contributed by atoms with E-state index in [1.165, 1.54) is 22.9 Å². The lowest BCUT2D eigenvalue weighted by Crippen LogP contribution is -2.10. The normalized spacial score (nSPS) is 11.5. The van der Waals surface area contributed by atoms with Crippen LogP contribution in [0, 0.1) is 6.92 Å². The summed E-state index contributed by atoms with van der Waals surface area (Å²) in [4.78, 5) is 12.8. The summed E-state index contributed by atoms with van der Waals surface area (Å²) in [6.45, 7) is 8.64. The standard InChI is InChI=1S/C27H26ClN3OS/c1-18-9-15-21(16-10-18)31-25(19-11-13-20(14-12-19)27(2,3)4)29-30-26(31)33-17-24(32)22-7-5-6-8-23(22)28/h5-16H,17H2,1-4H3. The predicted octanol–water partition coefficient (Wildman–Crippen LogP) is 7.17. The fourth-order valence-electron chi connectivity index (χ4n) is 3.49. The first kappa shape index (κ1) is 23.3. The lowest BCUT2D eigenvalue weighted by molar-refractivity contribution is 0.102. The average molecular weight is 476 g/mol. The van der Waals surface area contributed by atoms with E-state index >= 15 is 0 Å². The van der Waals surface area contributed by atoms with Crippen LogP contribution in [0.15, 0.2) is 78.0 Å². The molecule has 0 saturated heterocycles. The number of hydrogen-bond acceptors (Lipinski definition) is 4. The number of carbonyl (C=O) groups excluding carboxylic acids is 1. The molecule has 1 heterocycles. The summed E-state index contributed by atoms with van der Waals surface area (Å²) in [7, 11) is 0. The number of hydrogen-bond donors (Lipinski definition) is 0. The minimum atomic E-state index is -0.0415. The Labute approximate surface area is 204 Å². The zero-order valence-corrected chi connectivity index (χ0v) is 20.7. The van der Waals surface area contributed by atoms with Crippen LogP contribution in [0.5, 0.6) is 0 Å². The van der Waals surface area contributed by atoms with Gasteiger partial charge in [-0.1, -0.05) is 98.2 Å². The van der Waals surface area contributed by atoms with E-state index in [4.69, 9.17) is 11.6 Å². The summed E-state index contributed by atoms with van der Waals surface area (Å²) >= 11 is 7.57. The van der Waals surface area contributed by atoms with Crippen molar-refractivity contribution in [1.82, 2.24) is 14.8 Å². The maximum absolute atomic E-state index is 12.8. The van der Waals surface area contributed by atoms with Crippen molar-refractivity contribution in [1.29, 1.82) is 0 Å². The lowest BCUT2D eigenvalue weighted by Gasteiger charge is -2.19. The summed E-state index contributed by atoms with van der Waals surface area (Å²) in [6.07, 6.45) is 0. The second kappa shape index (κ2) is 9.54. The third kappa shape index (κ3) is 5.21. The molecule has 0 fully saturated rings. The lowest BCUT2D eigenvalue weighted by atomic mass is 9.87. The predicted molar refractivity (Wildman–Crippen MR) is 137 cm³/mol. The highest BCUT2D eigenvalue weighted by Gasteiger charge is 2.20. The van der Waals surface area contributed by atoms with Gasteiger partial charge in [0.2, 0.25) is 0 Å². The molecule has 0 aliphatic rings. The third-order valence-corrected chi connectivity index (χ3v) is 6.70. The first-order valence-electron chi connectivity index (χ1n) is 10.8. The molecule has 3 aromatic carbocycles. The van der Waals surface area contributed by atoms with Crippen LogP contribution >= 0.6 is 23.4 Å². The first-order valence-corrected chi connectivity index (χ1v) is 12.1. The van der Waals surface area contributed by atoms with E-state index in [1.54, 1.807) is 12.1 Å². The second-order valence-corrected chi connectivity index (χ2v) is 10.3. The van der Waals surface area contributed by atoms with E-state index in [0.29, 0.717) is 15.7 Å². The number of Topliss-reactive ketones (excluding diaryl/α,β-unsaturated/α-hetero) is 1. The Morgan fingerprint density at radius 2 is 1.61 bits per heavy atom. The molecule has 0 atom stereocenters. The molecule has 4 nitrogen and oxygen atoms in total. The number of aromatic nitrogens is 3. The minimum absolute atomic E-state index is 0.0415. The van der Waals surface area contributed by atoms with Crippen molar-refractivity contribution in [2.75, 3.05) is 5.75 Å². The van der Waals surface area contributed by atoms with E-state index in [1.807, 2.05) is 28.8 Å². The van der Waals surface area contributed by atoms with Gasteiger partial charge in [0.15, 0.2) is 16.8 Å². The molecular weight excluding hydrogens is 450 g/mol. The Balaban J connectivity index is 1.69. The molecule has 0 spiro atoms. The smallest absolute Gasteiger partial charge is 0.196 e. The van der Waals surface area contributed by atoms with Gasteiger partial charge >= 0.3 is 0 Å². The van der Waals surface area contributed by atoms with E-state index < -0.39 is 0 Å². The van der Waals surface area contributed by atoms with Gasteiger partial charge in [-0.05, 0) is 42.2 Å². The highest BCUT2D eigenvalue weighted by atomic mass is 35.5. The number of carbonyl (C=O) groups is 1. The topological polar surface area (TPSA) is 47.8 Å². The fraction of sp³-hybridized carbons (Fsp3) is 0.222. The van der Waals surface area contributed by atoms with Gasteiger partial charge in [0, 0.05) is 16.8 Å². The highest BCUT2D eigenvalue weighted by Crippen LogP contribution is 2.31. The molecule has 0 aliphatic heterocycles. The SMILES string of the molecule is Cc1ccc(-n2c(SCC(=O)c3ccccc3Cl)nnc2-c2ccc(C(C)(C)C)cc2)cc1. The van der Waals surface area contributed by atoms with E-state index in [2.05, 4.69) is 74.3 Å². The van der Waals surface area contributed by atoms with Gasteiger partial charge < -0.3 is 0 Å². The Bertz CT molecular complexity index is 1270. The van der Waals surface area contributed by atoms with Gasteiger partial charge in [0.1, 0.15) is 0 Å². The van der Waals surface area contributed by atoms with Crippen LogP contribution in [-0.4, -0.2) is 26.3 Å². The first-order chi connectivity index (χ1) is 15.7. The Morgan fingerprint density at radius 1 is 0.939 bits per heavy atom. The zero-order valence-electron chi connectivity index (χ0n) is 19.2. The molecule has 0 saturated carbocycles. The second-order valence-electron chi connectivity index (χ2n) is 9.00. The summed E-state index contributed by atoms with van der Waals surface area (Å²) in [5, 5.41) is 10.1. The Kier molecular flexibility index (Phi) is 6.73. The van der Waals surface area contributed by atoms with Crippen LogP contribution in [0.1, 0.15) is 42.3 Å². The monoisotopic (exact) mass is 475 g/mol. The number of ketones is 1. The molecule has 33 heavy (non-hydrogen) atoms. The maximum Gasteiger partial charge on any atom is 0.196 e. The Morgan fingerprint density at radius 3 is 2.24 bits per heavy atom. The molecule has 4 rings (SSSR count). The third-order valence-electron chi connectivity index (χ3n) is 5.44. The maximum atomic E-state index is 12.8. The van der Waals surface area contributed by atoms with E-state index in [0.717, 1.165) is 17.1 Å². The van der Waals surface area contributed by atoms with Gasteiger partial charge in [-0.25, -0.2) is 0 Å². The fourth-order valence-corrected chi connectivity index (χ4v) is 4.57. The average Bonchev–Trinajstić information content (AvgIpc) is 3.22. The number of aryl methyl sites for hydroxylation is 1. The van der Waals surface area contributed by atoms with Gasteiger partial charge in [0.05, 0.1) is 10.8 Å². The van der Waals surface area contributed by atoms with Crippen LogP contribution in [0.3, 0.4) is 0 Å². The Hall–Kier alpha value is -2.89. The minimum Gasteiger partial charge on any atom is -0.293 e. The molecule has 0 aliphatic carbocycles. The van der Waals surface area contributed by atoms with Crippen molar-refractivity contribution in [3.8, 4) is 17.1 Å². The molecule has 0 bridgehead atoms. The van der Waals surface area contributed by atoms with E-state index in [9.17, 15) is 4.79 Å². The quantitative estimate of drug-likeness (QED) is 0.219. The largest absolute Gasteiger partial charge is 0.293 e. The number of benzene rings is 3. The summed E-state index contributed by atoms with van der Waals surface area (Å²) < 4.78 is 2.01. The van der Waals surface area contributed by atoms with Gasteiger partial charge in [-0.2, -0.15) is 0 Å². The van der Waals surface area contributed by atoms with Crippen LogP contribution in [0.25, 0.3) is 17.1 Å². The molecule has 6 heteroatoms. The molecule has 0 N–H and O–H groups in total. The van der Waals surface area contributed by atoms with Gasteiger partial charge in [-0.3, -0.25) is 9.36 Å². The molecular formula is C27H26ClN3OS. The van der Waals surface area contributed by atoms with E-state index in [-0.39, 0.29) is 17.0 Å². The molecule has 0 radical (unpaired) electrons. The molecule has 168 valence electrons. The number of thioether (sulfide) groups is 1. The van der Waals surface area contributed by atoms with Gasteiger partial charge in [-0.15, -0.1) is 10.2 Å². The summed E-state index contributed by atoms with van der Waals surface area (Å²) in [5.41, 5.74) is 4.95. The number of rotatable bonds is 6. The summed E-state index contributed by atoms with van der Waals surface area (Å²) in [6, 6.07) is 23.8. The zero-order chi connectivity index (χ0) is 23.6. The van der Waals surface area contributed by atoms with Crippen molar-refractivity contribution < 1.29 is 4.79 Å². The van der Waals surface area contributed by atoms with Crippen molar-refractivity contribution in [3.05, 3.63) is 94.5 Å². The molecule has 0 unspecified atom stereocenters. The highest BCUT2D eigenvalue weighted by molar-refractivity contribution is 7.99. The van der Waals surface area contributed by atoms with Gasteiger partial charge in [0.25, 0.3) is 0 Å². The van der Waals surface area contributed by atoms with Crippen LogP contribution < -0.4 is 0 Å². The van der Waals surface area contributed by atoms with Crippen LogP contribution in [0.4, 0.5) is 0 Å². The molecule has 1 aromatic heterocycles. The van der Waals surface area contributed by atoms with Crippen LogP contribution in [0.2, 0.25) is 5.02 Å². The van der Waals surface area contributed by atoms with Crippen molar-refractivity contribution >= 4 is 29.1 Å². The van der Waals surface area contributed by atoms with Crippen molar-refractivity contribution in [3.63, 3.8) is 0 Å².